The summed E-state index contributed by atoms with van der Waals surface area (Å²) in [7, 11) is 0. The highest BCUT2D eigenvalue weighted by Crippen LogP contribution is 2.59. The van der Waals surface area contributed by atoms with Crippen LogP contribution in [-0.4, -0.2) is 18.8 Å². The average molecular weight is 167 g/mol. The Morgan fingerprint density at radius 1 is 1.33 bits per heavy atom. The van der Waals surface area contributed by atoms with E-state index in [1.54, 1.807) is 0 Å². The summed E-state index contributed by atoms with van der Waals surface area (Å²) in [6.07, 6.45) is 7.83. The predicted octanol–water partition coefficient (Wildman–Crippen LogP) is 1.29. The van der Waals surface area contributed by atoms with Gasteiger partial charge in [0.2, 0.25) is 0 Å². The minimum absolute atomic E-state index is 0.528. The summed E-state index contributed by atoms with van der Waals surface area (Å²) in [6.45, 7) is 0.893. The van der Waals surface area contributed by atoms with Crippen molar-refractivity contribution in [1.29, 1.82) is 0 Å². The lowest BCUT2D eigenvalue weighted by Crippen LogP contribution is -2.31. The first-order valence-corrected chi connectivity index (χ1v) is 5.20. The van der Waals surface area contributed by atoms with Gasteiger partial charge in [-0.05, 0) is 50.0 Å². The second kappa shape index (κ2) is 2.24. The molecule has 12 heavy (non-hydrogen) atoms. The van der Waals surface area contributed by atoms with Gasteiger partial charge in [-0.25, -0.2) is 0 Å². The lowest BCUT2D eigenvalue weighted by molar-refractivity contribution is 0.0789. The third-order valence-corrected chi connectivity index (χ3v) is 4.19. The highest BCUT2D eigenvalue weighted by molar-refractivity contribution is 5.06. The van der Waals surface area contributed by atoms with Crippen molar-refractivity contribution in [3.63, 3.8) is 0 Å². The summed E-state index contributed by atoms with van der Waals surface area (Å²) in [5.41, 5.74) is 6.35. The largest absolute Gasteiger partial charge is 0.375 e. The first kappa shape index (κ1) is 7.34. The van der Waals surface area contributed by atoms with Crippen LogP contribution in [0.15, 0.2) is 0 Å². The monoisotopic (exact) mass is 167 g/mol. The van der Waals surface area contributed by atoms with Crippen molar-refractivity contribution in [2.24, 2.45) is 17.1 Å². The molecule has 0 amide bonds. The molecule has 3 fully saturated rings. The van der Waals surface area contributed by atoms with E-state index in [0.717, 1.165) is 12.5 Å². The van der Waals surface area contributed by atoms with Crippen molar-refractivity contribution in [2.75, 3.05) is 6.54 Å². The van der Waals surface area contributed by atoms with Crippen molar-refractivity contribution in [3.05, 3.63) is 0 Å². The third kappa shape index (κ3) is 0.826. The van der Waals surface area contributed by atoms with Gasteiger partial charge >= 0.3 is 0 Å². The topological polar surface area (TPSA) is 35.2 Å². The number of rotatable bonds is 2. The van der Waals surface area contributed by atoms with Gasteiger partial charge in [0.1, 0.15) is 0 Å². The quantitative estimate of drug-likeness (QED) is 0.672. The first-order valence-electron chi connectivity index (χ1n) is 5.20. The van der Waals surface area contributed by atoms with Crippen LogP contribution in [0.5, 0.6) is 0 Å². The van der Waals surface area contributed by atoms with E-state index in [0.29, 0.717) is 17.6 Å². The van der Waals surface area contributed by atoms with Gasteiger partial charge in [0.25, 0.3) is 0 Å². The highest BCUT2D eigenvalue weighted by Gasteiger charge is 2.56. The summed E-state index contributed by atoms with van der Waals surface area (Å²) in [5, 5.41) is 0. The van der Waals surface area contributed by atoms with Crippen LogP contribution >= 0.6 is 0 Å². The number of hydrogen-bond donors (Lipinski definition) is 1. The lowest BCUT2D eigenvalue weighted by atomic mass is 9.77. The second-order valence-electron chi connectivity index (χ2n) is 4.78. The van der Waals surface area contributed by atoms with Crippen LogP contribution in [0, 0.1) is 11.3 Å². The molecule has 0 radical (unpaired) electrons. The molecule has 2 nitrogen and oxygen atoms in total. The van der Waals surface area contributed by atoms with Gasteiger partial charge in [0, 0.05) is 0 Å². The molecule has 0 aromatic heterocycles. The summed E-state index contributed by atoms with van der Waals surface area (Å²) in [4.78, 5) is 0. The predicted molar refractivity (Wildman–Crippen MR) is 46.7 cm³/mol. The minimum atomic E-state index is 0.528. The maximum Gasteiger partial charge on any atom is 0.0614 e. The molecule has 2 aliphatic heterocycles. The Morgan fingerprint density at radius 2 is 2.17 bits per heavy atom. The van der Waals surface area contributed by atoms with E-state index in [-0.39, 0.29) is 0 Å². The van der Waals surface area contributed by atoms with Gasteiger partial charge in [0.05, 0.1) is 12.2 Å². The molecule has 0 aromatic carbocycles. The van der Waals surface area contributed by atoms with Crippen molar-refractivity contribution in [1.82, 2.24) is 0 Å². The number of fused-ring (bicyclic) bond motifs is 2. The Kier molecular flexibility index (Phi) is 1.37. The van der Waals surface area contributed by atoms with E-state index >= 15 is 0 Å². The lowest BCUT2D eigenvalue weighted by Gasteiger charge is -2.26. The van der Waals surface area contributed by atoms with Crippen molar-refractivity contribution in [3.8, 4) is 0 Å². The molecule has 2 saturated heterocycles. The van der Waals surface area contributed by atoms with Gasteiger partial charge in [-0.15, -0.1) is 0 Å². The molecule has 3 unspecified atom stereocenters. The SMILES string of the molecule is NCC1(C2CC3CCC2O3)CC1. The fourth-order valence-corrected chi connectivity index (χ4v) is 3.17. The van der Waals surface area contributed by atoms with Gasteiger partial charge in [-0.2, -0.15) is 0 Å². The molecular formula is C10H17NO. The second-order valence-corrected chi connectivity index (χ2v) is 4.78. The van der Waals surface area contributed by atoms with Crippen molar-refractivity contribution in [2.45, 2.75) is 44.3 Å². The fraction of sp³-hybridized carbons (Fsp3) is 1.00. The van der Waals surface area contributed by atoms with E-state index in [1.807, 2.05) is 0 Å². The van der Waals surface area contributed by atoms with E-state index in [4.69, 9.17) is 10.5 Å². The van der Waals surface area contributed by atoms with Crippen LogP contribution in [0.1, 0.15) is 32.1 Å². The zero-order chi connectivity index (χ0) is 8.18. The van der Waals surface area contributed by atoms with Crippen molar-refractivity contribution >= 4 is 0 Å². The van der Waals surface area contributed by atoms with Crippen LogP contribution in [-0.2, 0) is 4.74 Å². The third-order valence-electron chi connectivity index (χ3n) is 4.19. The van der Waals surface area contributed by atoms with E-state index in [1.165, 1.54) is 32.1 Å². The highest BCUT2D eigenvalue weighted by atomic mass is 16.5. The Hall–Kier alpha value is -0.0800. The zero-order valence-corrected chi connectivity index (χ0v) is 7.46. The minimum Gasteiger partial charge on any atom is -0.375 e. The maximum absolute atomic E-state index is 5.86. The van der Waals surface area contributed by atoms with Crippen molar-refractivity contribution < 1.29 is 4.74 Å². The Morgan fingerprint density at radius 3 is 2.58 bits per heavy atom. The molecule has 1 aliphatic carbocycles. The van der Waals surface area contributed by atoms with Gasteiger partial charge in [-0.1, -0.05) is 0 Å². The smallest absolute Gasteiger partial charge is 0.0614 e. The molecule has 3 aliphatic rings. The molecule has 2 heterocycles. The molecule has 0 spiro atoms. The van der Waals surface area contributed by atoms with Crippen LogP contribution in [0.2, 0.25) is 0 Å². The summed E-state index contributed by atoms with van der Waals surface area (Å²) in [6, 6.07) is 0. The number of nitrogens with two attached hydrogens (primary N) is 1. The fourth-order valence-electron chi connectivity index (χ4n) is 3.17. The van der Waals surface area contributed by atoms with Gasteiger partial charge < -0.3 is 10.5 Å². The molecule has 1 saturated carbocycles. The number of ether oxygens (including phenoxy) is 1. The normalized spacial score (nSPS) is 48.2. The molecule has 2 heteroatoms. The molecule has 3 atom stereocenters. The Balaban J connectivity index is 1.78. The molecule has 2 N–H and O–H groups in total. The van der Waals surface area contributed by atoms with Gasteiger partial charge in [-0.3, -0.25) is 0 Å². The Labute approximate surface area is 73.5 Å². The van der Waals surface area contributed by atoms with E-state index in [2.05, 4.69) is 0 Å². The first-order chi connectivity index (χ1) is 5.84. The van der Waals surface area contributed by atoms with Crippen LogP contribution in [0.3, 0.4) is 0 Å². The number of hydrogen-bond acceptors (Lipinski definition) is 2. The average Bonchev–Trinajstić information content (AvgIpc) is 2.62. The molecule has 3 rings (SSSR count). The zero-order valence-electron chi connectivity index (χ0n) is 7.46. The maximum atomic E-state index is 5.86. The van der Waals surface area contributed by atoms with Crippen LogP contribution in [0.25, 0.3) is 0 Å². The summed E-state index contributed by atoms with van der Waals surface area (Å²) >= 11 is 0. The van der Waals surface area contributed by atoms with Crippen LogP contribution < -0.4 is 5.73 Å². The van der Waals surface area contributed by atoms with Gasteiger partial charge in [0.15, 0.2) is 0 Å². The summed E-state index contributed by atoms with van der Waals surface area (Å²) < 4.78 is 5.86. The molecule has 68 valence electrons. The van der Waals surface area contributed by atoms with E-state index < -0.39 is 0 Å². The van der Waals surface area contributed by atoms with E-state index in [9.17, 15) is 0 Å². The molecule has 0 aromatic rings. The standard InChI is InChI=1S/C10H17NO/c11-6-10(3-4-10)8-5-7-1-2-9(8)12-7/h7-9H,1-6,11H2. The summed E-state index contributed by atoms with van der Waals surface area (Å²) in [5.74, 6) is 0.821. The molecule has 2 bridgehead atoms. The van der Waals surface area contributed by atoms with Crippen LogP contribution in [0.4, 0.5) is 0 Å². The molecular weight excluding hydrogens is 150 g/mol. The Bertz CT molecular complexity index is 200.